The molecule has 0 aliphatic carbocycles. The van der Waals surface area contributed by atoms with Crippen LogP contribution in [-0.2, 0) is 10.0 Å². The fraction of sp³-hybridized carbons (Fsp3) is 0.588. The molecule has 24 heavy (non-hydrogen) atoms. The van der Waals surface area contributed by atoms with Gasteiger partial charge in [0.1, 0.15) is 10.6 Å². The Morgan fingerprint density at radius 1 is 1.00 bits per heavy atom. The Kier molecular flexibility index (Phi) is 5.10. The van der Waals surface area contributed by atoms with E-state index in [0.717, 1.165) is 45.2 Å². The number of hydrogen-bond donors (Lipinski definition) is 0. The SMILES string of the molecule is COc1ccc(C(=O)N2CCC2)cc1S(=O)(=O)N1CCCCCC1. The molecule has 132 valence electrons. The molecule has 1 aromatic carbocycles. The van der Waals surface area contributed by atoms with Crippen LogP contribution >= 0.6 is 0 Å². The number of rotatable bonds is 4. The second-order valence-electron chi connectivity index (χ2n) is 6.33. The van der Waals surface area contributed by atoms with Gasteiger partial charge in [-0.15, -0.1) is 0 Å². The lowest BCUT2D eigenvalue weighted by molar-refractivity contribution is 0.0651. The van der Waals surface area contributed by atoms with Crippen LogP contribution in [0.3, 0.4) is 0 Å². The van der Waals surface area contributed by atoms with Crippen molar-refractivity contribution in [3.8, 4) is 5.75 Å². The van der Waals surface area contributed by atoms with Gasteiger partial charge >= 0.3 is 0 Å². The van der Waals surface area contributed by atoms with E-state index in [1.807, 2.05) is 0 Å². The standard InChI is InChI=1S/C17H24N2O4S/c1-23-15-8-7-14(17(20)18-9-6-10-18)13-16(15)24(21,22)19-11-4-2-3-5-12-19/h7-8,13H,2-6,9-12H2,1H3. The minimum atomic E-state index is -3.66. The fourth-order valence-electron chi connectivity index (χ4n) is 3.13. The van der Waals surface area contributed by atoms with E-state index in [9.17, 15) is 13.2 Å². The minimum Gasteiger partial charge on any atom is -0.495 e. The number of ether oxygens (including phenoxy) is 1. The van der Waals surface area contributed by atoms with Crippen LogP contribution in [0.1, 0.15) is 42.5 Å². The van der Waals surface area contributed by atoms with Crippen LogP contribution in [0.15, 0.2) is 23.1 Å². The zero-order chi connectivity index (χ0) is 17.2. The first kappa shape index (κ1) is 17.2. The van der Waals surface area contributed by atoms with E-state index in [0.29, 0.717) is 24.4 Å². The van der Waals surface area contributed by atoms with Crippen molar-refractivity contribution in [3.63, 3.8) is 0 Å². The molecule has 0 N–H and O–H groups in total. The van der Waals surface area contributed by atoms with Gasteiger partial charge in [-0.1, -0.05) is 12.8 Å². The first-order valence-corrected chi connectivity index (χ1v) is 9.95. The van der Waals surface area contributed by atoms with E-state index in [-0.39, 0.29) is 10.8 Å². The quantitative estimate of drug-likeness (QED) is 0.832. The Morgan fingerprint density at radius 2 is 1.67 bits per heavy atom. The maximum absolute atomic E-state index is 13.1. The van der Waals surface area contributed by atoms with Crippen LogP contribution in [0.5, 0.6) is 5.75 Å². The van der Waals surface area contributed by atoms with Crippen molar-refractivity contribution in [2.75, 3.05) is 33.3 Å². The van der Waals surface area contributed by atoms with Crippen LogP contribution in [0, 0.1) is 0 Å². The van der Waals surface area contributed by atoms with E-state index in [1.165, 1.54) is 17.5 Å². The molecule has 0 aromatic heterocycles. The van der Waals surface area contributed by atoms with Gasteiger partial charge in [0.05, 0.1) is 7.11 Å². The summed E-state index contributed by atoms with van der Waals surface area (Å²) < 4.78 is 32.9. The first-order valence-electron chi connectivity index (χ1n) is 8.51. The molecule has 3 rings (SSSR count). The van der Waals surface area contributed by atoms with E-state index in [2.05, 4.69) is 0 Å². The molecule has 0 atom stereocenters. The van der Waals surface area contributed by atoms with Crippen molar-refractivity contribution >= 4 is 15.9 Å². The van der Waals surface area contributed by atoms with Crippen LogP contribution in [-0.4, -0.2) is 56.8 Å². The number of hydrogen-bond acceptors (Lipinski definition) is 4. The molecule has 0 saturated carbocycles. The molecule has 7 heteroatoms. The van der Waals surface area contributed by atoms with Gasteiger partial charge in [0.15, 0.2) is 0 Å². The van der Waals surface area contributed by atoms with Crippen LogP contribution in [0.2, 0.25) is 0 Å². The maximum atomic E-state index is 13.1. The summed E-state index contributed by atoms with van der Waals surface area (Å²) >= 11 is 0. The fourth-order valence-corrected chi connectivity index (χ4v) is 4.83. The predicted molar refractivity (Wildman–Crippen MR) is 90.7 cm³/mol. The predicted octanol–water partition coefficient (Wildman–Crippen LogP) is 2.11. The molecule has 0 spiro atoms. The zero-order valence-electron chi connectivity index (χ0n) is 14.0. The summed E-state index contributed by atoms with van der Waals surface area (Å²) in [4.78, 5) is 14.2. The summed E-state index contributed by atoms with van der Waals surface area (Å²) in [7, 11) is -2.21. The smallest absolute Gasteiger partial charge is 0.253 e. The lowest BCUT2D eigenvalue weighted by atomic mass is 10.1. The molecular weight excluding hydrogens is 328 g/mol. The number of carbonyl (C=O) groups is 1. The second-order valence-corrected chi connectivity index (χ2v) is 8.24. The summed E-state index contributed by atoms with van der Waals surface area (Å²) in [6.45, 7) is 2.52. The summed E-state index contributed by atoms with van der Waals surface area (Å²) in [5, 5.41) is 0. The Bertz CT molecular complexity index is 705. The molecular formula is C17H24N2O4S. The Labute approximate surface area is 143 Å². The maximum Gasteiger partial charge on any atom is 0.253 e. The highest BCUT2D eigenvalue weighted by Crippen LogP contribution is 2.30. The van der Waals surface area contributed by atoms with Crippen molar-refractivity contribution in [2.45, 2.75) is 37.0 Å². The summed E-state index contributed by atoms with van der Waals surface area (Å²) in [5.41, 5.74) is 0.406. The topological polar surface area (TPSA) is 66.9 Å². The molecule has 1 amide bonds. The molecule has 0 bridgehead atoms. The molecule has 2 heterocycles. The highest BCUT2D eigenvalue weighted by Gasteiger charge is 2.30. The molecule has 2 saturated heterocycles. The van der Waals surface area contributed by atoms with Gasteiger partial charge in [-0.3, -0.25) is 4.79 Å². The van der Waals surface area contributed by atoms with Gasteiger partial charge in [0.25, 0.3) is 5.91 Å². The average Bonchev–Trinajstić information content (AvgIpc) is 2.82. The van der Waals surface area contributed by atoms with E-state index >= 15 is 0 Å². The van der Waals surface area contributed by atoms with Crippen molar-refractivity contribution in [3.05, 3.63) is 23.8 Å². The molecule has 0 unspecified atom stereocenters. The molecule has 2 aliphatic heterocycles. The molecule has 6 nitrogen and oxygen atoms in total. The number of benzene rings is 1. The number of methoxy groups -OCH3 is 1. The highest BCUT2D eigenvalue weighted by atomic mass is 32.2. The van der Waals surface area contributed by atoms with Crippen LogP contribution in [0.25, 0.3) is 0 Å². The van der Waals surface area contributed by atoms with Gasteiger partial charge in [-0.2, -0.15) is 4.31 Å². The lowest BCUT2D eigenvalue weighted by Crippen LogP contribution is -2.42. The van der Waals surface area contributed by atoms with Gasteiger partial charge in [-0.05, 0) is 37.5 Å². The van der Waals surface area contributed by atoms with E-state index in [1.54, 1.807) is 17.0 Å². The molecule has 2 aliphatic rings. The van der Waals surface area contributed by atoms with Crippen LogP contribution in [0.4, 0.5) is 0 Å². The number of amides is 1. The molecule has 2 fully saturated rings. The largest absolute Gasteiger partial charge is 0.495 e. The number of sulfonamides is 1. The third-order valence-electron chi connectivity index (χ3n) is 4.74. The minimum absolute atomic E-state index is 0.0956. The van der Waals surface area contributed by atoms with Gasteiger partial charge < -0.3 is 9.64 Å². The Balaban J connectivity index is 1.95. The van der Waals surface area contributed by atoms with Crippen LogP contribution < -0.4 is 4.74 Å². The van der Waals surface area contributed by atoms with Crippen molar-refractivity contribution < 1.29 is 17.9 Å². The van der Waals surface area contributed by atoms with Gasteiger partial charge in [-0.25, -0.2) is 8.42 Å². The lowest BCUT2D eigenvalue weighted by Gasteiger charge is -2.31. The van der Waals surface area contributed by atoms with E-state index in [4.69, 9.17) is 4.74 Å². The van der Waals surface area contributed by atoms with Gasteiger partial charge in [0.2, 0.25) is 10.0 Å². The highest BCUT2D eigenvalue weighted by molar-refractivity contribution is 7.89. The zero-order valence-corrected chi connectivity index (χ0v) is 14.8. The molecule has 0 radical (unpaired) electrons. The van der Waals surface area contributed by atoms with Crippen molar-refractivity contribution in [1.82, 2.24) is 9.21 Å². The number of likely N-dealkylation sites (tertiary alicyclic amines) is 1. The summed E-state index contributed by atoms with van der Waals surface area (Å²) in [5.74, 6) is 0.177. The summed E-state index contributed by atoms with van der Waals surface area (Å²) in [6, 6.07) is 4.69. The third-order valence-corrected chi connectivity index (χ3v) is 6.66. The Morgan fingerprint density at radius 3 is 2.21 bits per heavy atom. The Hall–Kier alpha value is -1.60. The normalized spacial score (nSPS) is 19.5. The second kappa shape index (κ2) is 7.11. The number of nitrogens with zero attached hydrogens (tertiary/aromatic N) is 2. The average molecular weight is 352 g/mol. The van der Waals surface area contributed by atoms with E-state index < -0.39 is 10.0 Å². The third kappa shape index (κ3) is 3.28. The van der Waals surface area contributed by atoms with Crippen molar-refractivity contribution in [1.29, 1.82) is 0 Å². The number of carbonyl (C=O) groups excluding carboxylic acids is 1. The van der Waals surface area contributed by atoms with Gasteiger partial charge in [0, 0.05) is 31.7 Å². The van der Waals surface area contributed by atoms with Crippen molar-refractivity contribution in [2.24, 2.45) is 0 Å². The first-order chi connectivity index (χ1) is 11.5. The summed E-state index contributed by atoms with van der Waals surface area (Å²) in [6.07, 6.45) is 4.84. The monoisotopic (exact) mass is 352 g/mol. The molecule has 1 aromatic rings.